The largest absolute Gasteiger partial charge is 0.369 e. The second-order valence-electron chi connectivity index (χ2n) is 10.2. The number of H-pyrrole nitrogens is 1. The lowest BCUT2D eigenvalue weighted by Gasteiger charge is -2.39. The summed E-state index contributed by atoms with van der Waals surface area (Å²) in [5.74, 6) is 0.764. The van der Waals surface area contributed by atoms with E-state index in [0.717, 1.165) is 72.9 Å². The molecule has 2 fully saturated rings. The van der Waals surface area contributed by atoms with Crippen LogP contribution in [0, 0.1) is 0 Å². The number of piperazine rings is 1. The number of hydrogen-bond acceptors (Lipinski definition) is 6. The van der Waals surface area contributed by atoms with Crippen molar-refractivity contribution in [2.75, 3.05) is 31.1 Å². The molecule has 192 valence electrons. The number of aromatic nitrogens is 5. The van der Waals surface area contributed by atoms with Crippen LogP contribution in [0.2, 0.25) is 5.02 Å². The fourth-order valence-corrected chi connectivity index (χ4v) is 6.08. The average molecular weight is 518 g/mol. The lowest BCUT2D eigenvalue weighted by Crippen LogP contribution is -2.49. The molecule has 2 aliphatic rings. The Hall–Kier alpha value is -3.23. The monoisotopic (exact) mass is 517 g/mol. The molecule has 0 bridgehead atoms. The Morgan fingerprint density at radius 1 is 1.05 bits per heavy atom. The van der Waals surface area contributed by atoms with Gasteiger partial charge >= 0.3 is 0 Å². The van der Waals surface area contributed by atoms with Crippen LogP contribution in [0.25, 0.3) is 10.9 Å². The highest BCUT2D eigenvalue weighted by Crippen LogP contribution is 2.34. The van der Waals surface area contributed by atoms with Gasteiger partial charge in [-0.2, -0.15) is 0 Å². The Bertz CT molecular complexity index is 1450. The molecule has 4 aromatic rings. The maximum absolute atomic E-state index is 13.5. The summed E-state index contributed by atoms with van der Waals surface area (Å²) >= 11 is 6.26. The van der Waals surface area contributed by atoms with E-state index in [1.165, 1.54) is 18.4 Å². The molecule has 0 spiro atoms. The van der Waals surface area contributed by atoms with Crippen LogP contribution in [0.3, 0.4) is 0 Å². The predicted molar refractivity (Wildman–Crippen MR) is 146 cm³/mol. The molecule has 1 saturated carbocycles. The van der Waals surface area contributed by atoms with Gasteiger partial charge in [0.25, 0.3) is 5.56 Å². The van der Waals surface area contributed by atoms with E-state index in [0.29, 0.717) is 5.56 Å². The summed E-state index contributed by atoms with van der Waals surface area (Å²) < 4.78 is 1.99. The number of nitrogens with one attached hydrogen (secondary N) is 1. The first-order valence-electron chi connectivity index (χ1n) is 13.3. The first-order chi connectivity index (χ1) is 18.1. The summed E-state index contributed by atoms with van der Waals surface area (Å²) in [4.78, 5) is 21.4. The maximum atomic E-state index is 13.5. The minimum absolute atomic E-state index is 0.0833. The first kappa shape index (κ1) is 24.1. The number of halogens is 1. The normalized spacial score (nSPS) is 18.1. The SMILES string of the molecule is CCc1ccc2[nH]c(=O)c(C(c3nnnn3C3CCCC3)N3CCN(c4cccc(Cl)c4)CC3)cc2c1. The van der Waals surface area contributed by atoms with E-state index in [9.17, 15) is 4.79 Å². The molecular formula is C28H32ClN7O. The Balaban J connectivity index is 1.39. The topological polar surface area (TPSA) is 82.9 Å². The van der Waals surface area contributed by atoms with Crippen molar-refractivity contribution in [1.82, 2.24) is 30.1 Å². The molecule has 1 atom stereocenters. The van der Waals surface area contributed by atoms with Crippen LogP contribution in [0.1, 0.15) is 61.6 Å². The standard InChI is InChI=1S/C28H32ClN7O/c1-2-19-10-11-25-20(16-19)17-24(28(37)30-25)26(27-31-32-33-36(27)22-7-3-4-8-22)35-14-12-34(13-15-35)23-9-5-6-21(29)18-23/h5-6,9-11,16-18,22,26H,2-4,7-8,12-15H2,1H3,(H,30,37). The summed E-state index contributed by atoms with van der Waals surface area (Å²) in [5, 5.41) is 14.8. The van der Waals surface area contributed by atoms with Crippen LogP contribution in [0.15, 0.2) is 53.3 Å². The highest BCUT2D eigenvalue weighted by molar-refractivity contribution is 6.30. The van der Waals surface area contributed by atoms with Gasteiger partial charge in [-0.25, -0.2) is 4.68 Å². The second-order valence-corrected chi connectivity index (χ2v) is 10.6. The van der Waals surface area contributed by atoms with Crippen molar-refractivity contribution in [3.8, 4) is 0 Å². The van der Waals surface area contributed by atoms with Gasteiger partial charge in [-0.15, -0.1) is 5.10 Å². The molecule has 8 nitrogen and oxygen atoms in total. The Labute approximate surface area is 221 Å². The minimum Gasteiger partial charge on any atom is -0.369 e. The van der Waals surface area contributed by atoms with E-state index in [4.69, 9.17) is 11.6 Å². The van der Waals surface area contributed by atoms with E-state index >= 15 is 0 Å². The lowest BCUT2D eigenvalue weighted by molar-refractivity contribution is 0.197. The van der Waals surface area contributed by atoms with Gasteiger partial charge < -0.3 is 9.88 Å². The highest BCUT2D eigenvalue weighted by atomic mass is 35.5. The molecule has 9 heteroatoms. The molecule has 1 saturated heterocycles. The van der Waals surface area contributed by atoms with Gasteiger partial charge in [-0.3, -0.25) is 9.69 Å². The number of fused-ring (bicyclic) bond motifs is 1. The van der Waals surface area contributed by atoms with Gasteiger partial charge in [-0.05, 0) is 77.0 Å². The molecule has 2 aromatic carbocycles. The summed E-state index contributed by atoms with van der Waals surface area (Å²) in [7, 11) is 0. The zero-order valence-electron chi connectivity index (χ0n) is 21.1. The number of aryl methyl sites for hydroxylation is 1. The van der Waals surface area contributed by atoms with Gasteiger partial charge in [0.2, 0.25) is 0 Å². The number of tetrazole rings is 1. The zero-order chi connectivity index (χ0) is 25.4. The third-order valence-corrected chi connectivity index (χ3v) is 8.16. The first-order valence-corrected chi connectivity index (χ1v) is 13.7. The number of pyridine rings is 1. The van der Waals surface area contributed by atoms with Crippen LogP contribution < -0.4 is 10.5 Å². The number of benzene rings is 2. The predicted octanol–water partition coefficient (Wildman–Crippen LogP) is 4.76. The fraction of sp³-hybridized carbons (Fsp3) is 0.429. The smallest absolute Gasteiger partial charge is 0.253 e. The number of rotatable bonds is 6. The summed E-state index contributed by atoms with van der Waals surface area (Å²) in [5.41, 5.74) is 3.83. The molecule has 1 aliphatic carbocycles. The molecule has 1 aliphatic heterocycles. The molecule has 0 amide bonds. The summed E-state index contributed by atoms with van der Waals surface area (Å²) in [6.45, 7) is 5.36. The van der Waals surface area contributed by atoms with E-state index < -0.39 is 0 Å². The Kier molecular flexibility index (Phi) is 6.69. The van der Waals surface area contributed by atoms with Crippen molar-refractivity contribution >= 4 is 28.2 Å². The van der Waals surface area contributed by atoms with Crippen LogP contribution in [0.4, 0.5) is 5.69 Å². The highest BCUT2D eigenvalue weighted by Gasteiger charge is 2.34. The summed E-state index contributed by atoms with van der Waals surface area (Å²) in [6.07, 6.45) is 5.45. The van der Waals surface area contributed by atoms with Gasteiger partial charge in [-0.1, -0.05) is 43.5 Å². The van der Waals surface area contributed by atoms with Crippen molar-refractivity contribution in [3.63, 3.8) is 0 Å². The molecule has 6 rings (SSSR count). The number of hydrogen-bond donors (Lipinski definition) is 1. The van der Waals surface area contributed by atoms with Crippen LogP contribution >= 0.6 is 11.6 Å². The zero-order valence-corrected chi connectivity index (χ0v) is 21.9. The van der Waals surface area contributed by atoms with Crippen LogP contribution in [-0.2, 0) is 6.42 Å². The molecular weight excluding hydrogens is 486 g/mol. The second kappa shape index (κ2) is 10.3. The van der Waals surface area contributed by atoms with E-state index in [-0.39, 0.29) is 17.6 Å². The van der Waals surface area contributed by atoms with Crippen molar-refractivity contribution < 1.29 is 0 Å². The van der Waals surface area contributed by atoms with Crippen molar-refractivity contribution in [1.29, 1.82) is 0 Å². The van der Waals surface area contributed by atoms with Crippen LogP contribution in [-0.4, -0.2) is 56.3 Å². The molecule has 1 N–H and O–H groups in total. The van der Waals surface area contributed by atoms with Crippen molar-refractivity contribution in [2.24, 2.45) is 0 Å². The third-order valence-electron chi connectivity index (χ3n) is 7.93. The number of aromatic amines is 1. The molecule has 1 unspecified atom stereocenters. The third kappa shape index (κ3) is 4.76. The molecule has 2 aromatic heterocycles. The molecule has 37 heavy (non-hydrogen) atoms. The fourth-order valence-electron chi connectivity index (χ4n) is 5.90. The Morgan fingerprint density at radius 2 is 1.86 bits per heavy atom. The quantitative estimate of drug-likeness (QED) is 0.397. The summed E-state index contributed by atoms with van der Waals surface area (Å²) in [6, 6.07) is 16.2. The van der Waals surface area contributed by atoms with Gasteiger partial charge in [0.1, 0.15) is 6.04 Å². The maximum Gasteiger partial charge on any atom is 0.253 e. The average Bonchev–Trinajstić information content (AvgIpc) is 3.62. The van der Waals surface area contributed by atoms with Crippen molar-refractivity contribution in [3.05, 3.63) is 80.9 Å². The molecule has 0 radical (unpaired) electrons. The molecule has 3 heterocycles. The van der Waals surface area contributed by atoms with E-state index in [2.05, 4.69) is 61.5 Å². The number of anilines is 1. The van der Waals surface area contributed by atoms with Gasteiger partial charge in [0.15, 0.2) is 5.82 Å². The van der Waals surface area contributed by atoms with Gasteiger partial charge in [0.05, 0.1) is 6.04 Å². The van der Waals surface area contributed by atoms with Gasteiger partial charge in [0, 0.05) is 48.0 Å². The van der Waals surface area contributed by atoms with E-state index in [1.807, 2.05) is 28.9 Å². The minimum atomic E-state index is -0.324. The van der Waals surface area contributed by atoms with Crippen LogP contribution in [0.5, 0.6) is 0 Å². The van der Waals surface area contributed by atoms with E-state index in [1.54, 1.807) is 0 Å². The lowest BCUT2D eigenvalue weighted by atomic mass is 10.0. The number of nitrogens with zero attached hydrogens (tertiary/aromatic N) is 6. The van der Waals surface area contributed by atoms with Crippen molar-refractivity contribution in [2.45, 2.75) is 51.1 Å². The Morgan fingerprint density at radius 3 is 2.62 bits per heavy atom.